The monoisotopic (exact) mass is 255 g/mol. The molecule has 1 rings (SSSR count). The quantitative estimate of drug-likeness (QED) is 0.811. The first-order valence-corrected chi connectivity index (χ1v) is 4.57. The molecule has 6 heteroatoms. The Labute approximate surface area is 97.7 Å². The van der Waals surface area contributed by atoms with Crippen LogP contribution < -0.4 is 5.73 Å². The first kappa shape index (κ1) is 15.2. The van der Waals surface area contributed by atoms with Gasteiger partial charge in [-0.1, -0.05) is 0 Å². The van der Waals surface area contributed by atoms with Gasteiger partial charge in [0.1, 0.15) is 0 Å². The van der Waals surface area contributed by atoms with Crippen LogP contribution in [0.15, 0.2) is 12.1 Å². The van der Waals surface area contributed by atoms with Gasteiger partial charge in [-0.2, -0.15) is 0 Å². The van der Waals surface area contributed by atoms with Gasteiger partial charge in [-0.25, -0.2) is 13.2 Å². The molecule has 0 saturated heterocycles. The van der Waals surface area contributed by atoms with Crippen LogP contribution in [-0.2, 0) is 0 Å². The number of hydrogen-bond donors (Lipinski definition) is 2. The molecular formula is C10H13ClF3NO. The highest BCUT2D eigenvalue weighted by Crippen LogP contribution is 2.20. The van der Waals surface area contributed by atoms with Crippen molar-refractivity contribution < 1.29 is 18.3 Å². The Kier molecular flexibility index (Phi) is 6.40. The Balaban J connectivity index is 0.00000225. The van der Waals surface area contributed by atoms with E-state index in [1.54, 1.807) is 0 Å². The summed E-state index contributed by atoms with van der Waals surface area (Å²) in [5, 5.41) is 8.55. The summed E-state index contributed by atoms with van der Waals surface area (Å²) in [7, 11) is 0. The fourth-order valence-electron chi connectivity index (χ4n) is 1.27. The van der Waals surface area contributed by atoms with Crippen LogP contribution in [0.5, 0.6) is 0 Å². The van der Waals surface area contributed by atoms with Gasteiger partial charge >= 0.3 is 0 Å². The molecule has 0 aliphatic carbocycles. The van der Waals surface area contributed by atoms with Crippen LogP contribution in [0.25, 0.3) is 0 Å². The zero-order valence-corrected chi connectivity index (χ0v) is 9.24. The lowest BCUT2D eigenvalue weighted by Crippen LogP contribution is -2.12. The third-order valence-corrected chi connectivity index (χ3v) is 2.11. The van der Waals surface area contributed by atoms with Gasteiger partial charge in [0.25, 0.3) is 0 Å². The zero-order chi connectivity index (χ0) is 11.4. The zero-order valence-electron chi connectivity index (χ0n) is 8.42. The molecule has 1 aromatic rings. The molecule has 1 aromatic carbocycles. The summed E-state index contributed by atoms with van der Waals surface area (Å²) in [6.07, 6.45) is 0.822. The number of halogens is 4. The molecule has 92 valence electrons. The molecule has 0 aromatic heterocycles. The molecule has 0 unspecified atom stereocenters. The molecular weight excluding hydrogens is 243 g/mol. The Morgan fingerprint density at radius 2 is 1.69 bits per heavy atom. The van der Waals surface area contributed by atoms with Gasteiger partial charge in [0.05, 0.1) is 0 Å². The molecule has 0 amide bonds. The maximum absolute atomic E-state index is 12.8. The summed E-state index contributed by atoms with van der Waals surface area (Å²) >= 11 is 0. The summed E-state index contributed by atoms with van der Waals surface area (Å²) in [6.45, 7) is -0.0418. The summed E-state index contributed by atoms with van der Waals surface area (Å²) in [6, 6.07) is 1.16. The number of aliphatic hydroxyl groups is 1. The Morgan fingerprint density at radius 3 is 2.12 bits per heavy atom. The molecule has 0 aliphatic rings. The largest absolute Gasteiger partial charge is 0.396 e. The Morgan fingerprint density at radius 1 is 1.19 bits per heavy atom. The maximum Gasteiger partial charge on any atom is 0.194 e. The highest BCUT2D eigenvalue weighted by Gasteiger charge is 2.14. The first-order chi connectivity index (χ1) is 7.06. The minimum atomic E-state index is -1.49. The van der Waals surface area contributed by atoms with Crippen molar-refractivity contribution in [3.63, 3.8) is 0 Å². The average molecular weight is 256 g/mol. The summed E-state index contributed by atoms with van der Waals surface area (Å²) < 4.78 is 38.2. The third kappa shape index (κ3) is 3.66. The van der Waals surface area contributed by atoms with E-state index in [0.717, 1.165) is 12.1 Å². The van der Waals surface area contributed by atoms with Crippen LogP contribution in [-0.4, -0.2) is 11.7 Å². The number of aliphatic hydroxyl groups excluding tert-OH is 1. The molecule has 1 atom stereocenters. The van der Waals surface area contributed by atoms with E-state index in [1.807, 2.05) is 0 Å². The van der Waals surface area contributed by atoms with Crippen LogP contribution in [0.4, 0.5) is 13.2 Å². The van der Waals surface area contributed by atoms with E-state index in [9.17, 15) is 13.2 Å². The van der Waals surface area contributed by atoms with E-state index in [2.05, 4.69) is 0 Å². The van der Waals surface area contributed by atoms with Crippen molar-refractivity contribution in [3.8, 4) is 0 Å². The molecule has 0 saturated carbocycles. The van der Waals surface area contributed by atoms with Gasteiger partial charge in [-0.15, -0.1) is 12.4 Å². The van der Waals surface area contributed by atoms with Crippen LogP contribution in [0, 0.1) is 17.5 Å². The molecule has 16 heavy (non-hydrogen) atoms. The lowest BCUT2D eigenvalue weighted by Gasteiger charge is -2.11. The van der Waals surface area contributed by atoms with Gasteiger partial charge in [0.2, 0.25) is 0 Å². The Hall–Kier alpha value is -0.780. The lowest BCUT2D eigenvalue weighted by atomic mass is 10.0. The number of benzene rings is 1. The molecule has 0 heterocycles. The second kappa shape index (κ2) is 6.73. The van der Waals surface area contributed by atoms with Gasteiger partial charge in [0, 0.05) is 12.6 Å². The highest BCUT2D eigenvalue weighted by atomic mass is 35.5. The van der Waals surface area contributed by atoms with Crippen molar-refractivity contribution in [1.29, 1.82) is 0 Å². The van der Waals surface area contributed by atoms with E-state index in [1.165, 1.54) is 0 Å². The van der Waals surface area contributed by atoms with Gasteiger partial charge in [0.15, 0.2) is 17.5 Å². The van der Waals surface area contributed by atoms with E-state index in [4.69, 9.17) is 10.8 Å². The highest BCUT2D eigenvalue weighted by molar-refractivity contribution is 5.85. The minimum Gasteiger partial charge on any atom is -0.396 e. The second-order valence-electron chi connectivity index (χ2n) is 3.27. The van der Waals surface area contributed by atoms with Crippen LogP contribution >= 0.6 is 12.4 Å². The summed E-state index contributed by atoms with van der Waals surface area (Å²) in [4.78, 5) is 0. The summed E-state index contributed by atoms with van der Waals surface area (Å²) in [5.74, 6) is -3.98. The maximum atomic E-state index is 12.8. The topological polar surface area (TPSA) is 46.2 Å². The first-order valence-electron chi connectivity index (χ1n) is 4.57. The fraction of sp³-hybridized carbons (Fsp3) is 0.400. The van der Waals surface area contributed by atoms with Gasteiger partial charge < -0.3 is 10.8 Å². The fourth-order valence-corrected chi connectivity index (χ4v) is 1.27. The van der Waals surface area contributed by atoms with Crippen LogP contribution in [0.2, 0.25) is 0 Å². The van der Waals surface area contributed by atoms with Gasteiger partial charge in [-0.05, 0) is 30.5 Å². The molecule has 3 N–H and O–H groups in total. The number of hydrogen-bond acceptors (Lipinski definition) is 2. The molecule has 0 bridgehead atoms. The predicted octanol–water partition coefficient (Wildman–Crippen LogP) is 2.30. The van der Waals surface area contributed by atoms with Crippen molar-refractivity contribution in [2.45, 2.75) is 18.9 Å². The van der Waals surface area contributed by atoms with Crippen molar-refractivity contribution >= 4 is 12.4 Å². The molecule has 0 fully saturated rings. The minimum absolute atomic E-state index is 0. The van der Waals surface area contributed by atoms with Crippen LogP contribution in [0.3, 0.4) is 0 Å². The number of rotatable bonds is 4. The van der Waals surface area contributed by atoms with Crippen molar-refractivity contribution in [2.75, 3.05) is 6.61 Å². The normalized spacial score (nSPS) is 12.1. The third-order valence-electron chi connectivity index (χ3n) is 2.11. The lowest BCUT2D eigenvalue weighted by molar-refractivity contribution is 0.280. The van der Waals surface area contributed by atoms with Crippen molar-refractivity contribution in [3.05, 3.63) is 35.1 Å². The number of nitrogens with two attached hydrogens (primary N) is 1. The van der Waals surface area contributed by atoms with E-state index >= 15 is 0 Å². The van der Waals surface area contributed by atoms with E-state index < -0.39 is 23.5 Å². The Bertz CT molecular complexity index is 326. The van der Waals surface area contributed by atoms with Crippen LogP contribution in [0.1, 0.15) is 24.4 Å². The van der Waals surface area contributed by atoms with E-state index in [0.29, 0.717) is 12.8 Å². The standard InChI is InChI=1S/C10H12F3NO.ClH/c11-7-4-6(5-8(12)10(7)13)9(14)2-1-3-15;/h4-5,9,15H,1-3,14H2;1H/t9-;/m1./s1. The van der Waals surface area contributed by atoms with Crippen molar-refractivity contribution in [1.82, 2.24) is 0 Å². The average Bonchev–Trinajstić information content (AvgIpc) is 2.21. The second-order valence-corrected chi connectivity index (χ2v) is 3.27. The smallest absolute Gasteiger partial charge is 0.194 e. The molecule has 2 nitrogen and oxygen atoms in total. The predicted molar refractivity (Wildman–Crippen MR) is 56.8 cm³/mol. The molecule has 0 aliphatic heterocycles. The van der Waals surface area contributed by atoms with Gasteiger partial charge in [-0.3, -0.25) is 0 Å². The van der Waals surface area contributed by atoms with Crippen molar-refractivity contribution in [2.24, 2.45) is 5.73 Å². The SMILES string of the molecule is Cl.N[C@H](CCCO)c1cc(F)c(F)c(F)c1. The molecule has 0 spiro atoms. The summed E-state index contributed by atoms with van der Waals surface area (Å²) in [5.41, 5.74) is 5.80. The molecule has 0 radical (unpaired) electrons. The van der Waals surface area contributed by atoms with E-state index in [-0.39, 0.29) is 24.6 Å².